The van der Waals surface area contributed by atoms with Gasteiger partial charge in [0.05, 0.1) is 21.5 Å². The second-order valence-electron chi connectivity index (χ2n) is 9.85. The van der Waals surface area contributed by atoms with Crippen LogP contribution in [0.2, 0.25) is 10.0 Å². The summed E-state index contributed by atoms with van der Waals surface area (Å²) in [7, 11) is -1.05. The maximum Gasteiger partial charge on any atom is 0.257 e. The van der Waals surface area contributed by atoms with Gasteiger partial charge in [0.25, 0.3) is 5.91 Å². The minimum Gasteiger partial charge on any atom is -0.322 e. The highest BCUT2D eigenvalue weighted by atomic mass is 35.5. The standard InChI is InChI=1S/C29H24Cl4FNO2S/c1-38(2,3)13-12-18-16-19(5-11-23(18)30)26-27(29(26,32)33)25(36)15-17-4-10-24(31)22(14-17)28(37)35-21-8-6-20(34)7-9-21/h4-11,14,16,26-27H,15H2,1-3H3,(H,35,37). The summed E-state index contributed by atoms with van der Waals surface area (Å²) in [6.07, 6.45) is 6.28. The SMILES string of the molecule is CS(C)(C)C#Cc1cc(C2C(C(=O)Cc3ccc(Cl)c(C(=O)Nc4ccc(F)cc4)c3)C2(Cl)Cl)ccc1Cl. The van der Waals surface area contributed by atoms with E-state index < -0.39 is 37.9 Å². The quantitative estimate of drug-likeness (QED) is 0.226. The molecule has 3 aromatic carbocycles. The number of hydrogen-bond acceptors (Lipinski definition) is 2. The van der Waals surface area contributed by atoms with Gasteiger partial charge < -0.3 is 5.32 Å². The molecule has 0 heterocycles. The molecule has 38 heavy (non-hydrogen) atoms. The Balaban J connectivity index is 1.51. The maximum atomic E-state index is 13.3. The Morgan fingerprint density at radius 1 is 0.974 bits per heavy atom. The van der Waals surface area contributed by atoms with E-state index in [9.17, 15) is 14.0 Å². The normalized spacial score (nSPS) is 18.2. The van der Waals surface area contributed by atoms with Crippen molar-refractivity contribution < 1.29 is 14.0 Å². The van der Waals surface area contributed by atoms with Crippen LogP contribution in [0.4, 0.5) is 10.1 Å². The molecule has 1 N–H and O–H groups in total. The third-order valence-electron chi connectivity index (χ3n) is 6.00. The molecule has 3 aromatic rings. The summed E-state index contributed by atoms with van der Waals surface area (Å²) in [4.78, 5) is 26.1. The molecule has 1 saturated carbocycles. The van der Waals surface area contributed by atoms with E-state index in [-0.39, 0.29) is 22.8 Å². The van der Waals surface area contributed by atoms with Crippen LogP contribution in [0.5, 0.6) is 0 Å². The molecule has 0 spiro atoms. The van der Waals surface area contributed by atoms with Crippen LogP contribution in [-0.2, 0) is 11.2 Å². The number of carbonyl (C=O) groups is 2. The number of benzene rings is 3. The minimum absolute atomic E-state index is 0.0178. The fourth-order valence-corrected chi connectivity index (χ4v) is 5.74. The molecule has 198 valence electrons. The lowest BCUT2D eigenvalue weighted by Gasteiger charge is -2.15. The number of nitrogens with one attached hydrogen (secondary N) is 1. The van der Waals surface area contributed by atoms with Crippen molar-refractivity contribution >= 4 is 73.8 Å². The first kappa shape index (κ1) is 28.8. The molecule has 1 aliphatic rings. The van der Waals surface area contributed by atoms with Crippen LogP contribution in [0.15, 0.2) is 60.7 Å². The minimum atomic E-state index is -1.26. The van der Waals surface area contributed by atoms with E-state index in [0.29, 0.717) is 21.8 Å². The number of halogens is 5. The van der Waals surface area contributed by atoms with Gasteiger partial charge in [-0.25, -0.2) is 4.39 Å². The number of anilines is 1. The van der Waals surface area contributed by atoms with Crippen LogP contribution >= 0.6 is 56.4 Å². The van der Waals surface area contributed by atoms with Crippen molar-refractivity contribution in [3.05, 3.63) is 98.8 Å². The Morgan fingerprint density at radius 3 is 2.29 bits per heavy atom. The molecular weight excluding hydrogens is 587 g/mol. The molecule has 2 atom stereocenters. The number of ketones is 1. The van der Waals surface area contributed by atoms with E-state index in [1.807, 2.05) is 12.1 Å². The van der Waals surface area contributed by atoms with Crippen molar-refractivity contribution in [3.63, 3.8) is 0 Å². The molecule has 0 aliphatic heterocycles. The van der Waals surface area contributed by atoms with Gasteiger partial charge in [-0.05, 0) is 83.7 Å². The fraction of sp³-hybridized carbons (Fsp3) is 0.241. The van der Waals surface area contributed by atoms with Crippen molar-refractivity contribution in [3.8, 4) is 11.2 Å². The molecule has 0 aromatic heterocycles. The smallest absolute Gasteiger partial charge is 0.257 e. The largest absolute Gasteiger partial charge is 0.322 e. The summed E-state index contributed by atoms with van der Waals surface area (Å²) in [6, 6.07) is 15.6. The van der Waals surface area contributed by atoms with E-state index in [1.165, 1.54) is 24.3 Å². The predicted octanol–water partition coefficient (Wildman–Crippen LogP) is 8.09. The lowest BCUT2D eigenvalue weighted by Crippen LogP contribution is -2.14. The van der Waals surface area contributed by atoms with Gasteiger partial charge in [-0.2, -0.15) is 10.0 Å². The molecule has 9 heteroatoms. The van der Waals surface area contributed by atoms with Gasteiger partial charge >= 0.3 is 0 Å². The first-order valence-electron chi connectivity index (χ1n) is 11.5. The lowest BCUT2D eigenvalue weighted by molar-refractivity contribution is -0.119. The Hall–Kier alpha value is -2.20. The van der Waals surface area contributed by atoms with Crippen molar-refractivity contribution in [1.29, 1.82) is 0 Å². The van der Waals surface area contributed by atoms with E-state index in [1.54, 1.807) is 24.3 Å². The van der Waals surface area contributed by atoms with E-state index >= 15 is 0 Å². The van der Waals surface area contributed by atoms with Gasteiger partial charge in [0, 0.05) is 23.6 Å². The molecule has 0 radical (unpaired) electrons. The lowest BCUT2D eigenvalue weighted by atomic mass is 10.00. The van der Waals surface area contributed by atoms with E-state index in [0.717, 1.165) is 5.56 Å². The zero-order valence-electron chi connectivity index (χ0n) is 20.7. The molecule has 1 amide bonds. The number of alkyl halides is 2. The fourth-order valence-electron chi connectivity index (χ4n) is 4.08. The molecule has 1 aliphatic carbocycles. The Bertz CT molecular complexity index is 1470. The molecule has 2 unspecified atom stereocenters. The third-order valence-corrected chi connectivity index (χ3v) is 8.31. The zero-order valence-corrected chi connectivity index (χ0v) is 24.6. The Kier molecular flexibility index (Phi) is 8.43. The summed E-state index contributed by atoms with van der Waals surface area (Å²) in [5.74, 6) is 1.05. The number of Topliss-reactive ketones (excluding diaryl/α,β-unsaturated/α-hetero) is 1. The van der Waals surface area contributed by atoms with Crippen LogP contribution < -0.4 is 5.32 Å². The van der Waals surface area contributed by atoms with Crippen LogP contribution in [-0.4, -0.2) is 34.8 Å². The van der Waals surface area contributed by atoms with Crippen molar-refractivity contribution in [2.75, 3.05) is 24.1 Å². The van der Waals surface area contributed by atoms with Gasteiger partial charge in [-0.3, -0.25) is 9.59 Å². The van der Waals surface area contributed by atoms with Gasteiger partial charge in [0.1, 0.15) is 15.9 Å². The summed E-state index contributed by atoms with van der Waals surface area (Å²) < 4.78 is 11.9. The van der Waals surface area contributed by atoms with E-state index in [4.69, 9.17) is 46.4 Å². The van der Waals surface area contributed by atoms with E-state index in [2.05, 4.69) is 35.3 Å². The Labute approximate surface area is 243 Å². The summed E-state index contributed by atoms with van der Waals surface area (Å²) in [5, 5.41) is 6.67. The van der Waals surface area contributed by atoms with Gasteiger partial charge in [0.2, 0.25) is 0 Å². The monoisotopic (exact) mass is 609 g/mol. The van der Waals surface area contributed by atoms with Crippen LogP contribution in [0.25, 0.3) is 0 Å². The highest BCUT2D eigenvalue weighted by Crippen LogP contribution is 2.65. The second kappa shape index (κ2) is 11.1. The summed E-state index contributed by atoms with van der Waals surface area (Å²) in [5.41, 5.74) is 2.66. The molecule has 0 bridgehead atoms. The Morgan fingerprint density at radius 2 is 1.63 bits per heavy atom. The van der Waals surface area contributed by atoms with Crippen molar-refractivity contribution in [2.45, 2.75) is 16.7 Å². The molecule has 0 saturated heterocycles. The average molecular weight is 611 g/mol. The maximum absolute atomic E-state index is 13.3. The number of amides is 1. The van der Waals surface area contributed by atoms with Gasteiger partial charge in [-0.15, -0.1) is 23.2 Å². The molecular formula is C29H24Cl4FNO2S. The molecule has 1 fully saturated rings. The van der Waals surface area contributed by atoms with Crippen molar-refractivity contribution in [1.82, 2.24) is 0 Å². The first-order valence-corrected chi connectivity index (χ1v) is 15.9. The predicted molar refractivity (Wildman–Crippen MR) is 159 cm³/mol. The average Bonchev–Trinajstić information content (AvgIpc) is 3.42. The van der Waals surface area contributed by atoms with Crippen molar-refractivity contribution in [2.24, 2.45) is 5.92 Å². The summed E-state index contributed by atoms with van der Waals surface area (Å²) >= 11 is 25.8. The third kappa shape index (κ3) is 6.68. The van der Waals surface area contributed by atoms with Crippen LogP contribution in [0.3, 0.4) is 0 Å². The van der Waals surface area contributed by atoms with Crippen LogP contribution in [0, 0.1) is 22.9 Å². The van der Waals surface area contributed by atoms with Gasteiger partial charge in [0.15, 0.2) is 0 Å². The molecule has 4 rings (SSSR count). The highest BCUT2D eigenvalue weighted by Gasteiger charge is 2.66. The number of carbonyl (C=O) groups excluding carboxylic acids is 2. The topological polar surface area (TPSA) is 46.2 Å². The highest BCUT2D eigenvalue weighted by molar-refractivity contribution is 8.36. The van der Waals surface area contributed by atoms with Crippen LogP contribution in [0.1, 0.15) is 33.0 Å². The first-order chi connectivity index (χ1) is 17.8. The number of rotatable bonds is 6. The molecule has 3 nitrogen and oxygen atoms in total. The number of hydrogen-bond donors (Lipinski definition) is 1. The summed E-state index contributed by atoms with van der Waals surface area (Å²) in [6.45, 7) is 0. The van der Waals surface area contributed by atoms with Gasteiger partial charge in [-0.1, -0.05) is 41.3 Å². The second-order valence-corrected chi connectivity index (χ2v) is 16.0. The zero-order chi connectivity index (χ0) is 27.8.